The van der Waals surface area contributed by atoms with Crippen LogP contribution in [0, 0.1) is 5.92 Å². The highest BCUT2D eigenvalue weighted by Gasteiger charge is 2.43. The molecule has 0 amide bonds. The molecule has 2 saturated heterocycles. The molecule has 2 rings (SSSR count). The molecular weight excluding hydrogens is 148 g/mol. The first kappa shape index (κ1) is 6.53. The van der Waals surface area contributed by atoms with E-state index >= 15 is 0 Å². The summed E-state index contributed by atoms with van der Waals surface area (Å²) in [5.41, 5.74) is 0. The highest BCUT2D eigenvalue weighted by atomic mass is 32.2. The van der Waals surface area contributed by atoms with Crippen LogP contribution in [0.1, 0.15) is 19.3 Å². The zero-order valence-electron chi connectivity index (χ0n) is 5.62. The maximum atomic E-state index is 10.6. The van der Waals surface area contributed by atoms with E-state index in [1.807, 2.05) is 11.8 Å². The summed E-state index contributed by atoms with van der Waals surface area (Å²) in [4.78, 5) is 10.6. The molecule has 0 aromatic carbocycles. The predicted molar refractivity (Wildman–Crippen MR) is 40.1 cm³/mol. The summed E-state index contributed by atoms with van der Waals surface area (Å²) in [7, 11) is 0. The number of fused-ring (bicyclic) bond motifs is 2. The molecule has 0 aliphatic carbocycles. The number of thioether (sulfide) groups is 1. The third-order valence-corrected chi connectivity index (χ3v) is 4.15. The van der Waals surface area contributed by atoms with Crippen LogP contribution in [0.25, 0.3) is 0 Å². The van der Waals surface area contributed by atoms with Gasteiger partial charge in [0.05, 0.1) is 5.92 Å². The molecule has 2 heterocycles. The van der Waals surface area contributed by atoms with Gasteiger partial charge in [-0.1, -0.05) is 0 Å². The van der Waals surface area contributed by atoms with Crippen LogP contribution < -0.4 is 0 Å². The summed E-state index contributed by atoms with van der Waals surface area (Å²) >= 11 is 1.89. The molecule has 3 unspecified atom stereocenters. The van der Waals surface area contributed by atoms with Crippen molar-refractivity contribution in [1.82, 2.24) is 0 Å². The first-order valence-electron chi connectivity index (χ1n) is 3.65. The Balaban J connectivity index is 2.08. The number of aliphatic carboxylic acids is 1. The Bertz CT molecular complexity index is 169. The van der Waals surface area contributed by atoms with E-state index in [-0.39, 0.29) is 5.92 Å². The van der Waals surface area contributed by atoms with Crippen molar-refractivity contribution >= 4 is 17.7 Å². The van der Waals surface area contributed by atoms with E-state index < -0.39 is 5.97 Å². The van der Waals surface area contributed by atoms with Gasteiger partial charge >= 0.3 is 5.97 Å². The fraction of sp³-hybridized carbons (Fsp3) is 0.857. The van der Waals surface area contributed by atoms with Crippen LogP contribution in [0.4, 0.5) is 0 Å². The number of rotatable bonds is 1. The Morgan fingerprint density at radius 2 is 2.30 bits per heavy atom. The molecule has 1 N–H and O–H groups in total. The molecule has 10 heavy (non-hydrogen) atoms. The van der Waals surface area contributed by atoms with Gasteiger partial charge in [-0.2, -0.15) is 11.8 Å². The quantitative estimate of drug-likeness (QED) is 0.626. The Morgan fingerprint density at radius 3 is 2.60 bits per heavy atom. The predicted octanol–water partition coefficient (Wildman–Crippen LogP) is 1.36. The van der Waals surface area contributed by atoms with Gasteiger partial charge in [-0.15, -0.1) is 0 Å². The van der Waals surface area contributed by atoms with E-state index in [1.165, 1.54) is 6.42 Å². The van der Waals surface area contributed by atoms with E-state index in [2.05, 4.69) is 0 Å². The maximum absolute atomic E-state index is 10.6. The van der Waals surface area contributed by atoms with Crippen LogP contribution in [-0.4, -0.2) is 21.6 Å². The number of hydrogen-bond acceptors (Lipinski definition) is 2. The SMILES string of the molecule is O=C(O)C1CC2CCC1S2. The van der Waals surface area contributed by atoms with Crippen LogP contribution in [0.3, 0.4) is 0 Å². The van der Waals surface area contributed by atoms with Gasteiger partial charge in [0, 0.05) is 10.5 Å². The van der Waals surface area contributed by atoms with Crippen molar-refractivity contribution in [3.05, 3.63) is 0 Å². The van der Waals surface area contributed by atoms with Gasteiger partial charge in [0.1, 0.15) is 0 Å². The van der Waals surface area contributed by atoms with Gasteiger partial charge in [0.2, 0.25) is 0 Å². The van der Waals surface area contributed by atoms with E-state index in [0.717, 1.165) is 12.8 Å². The van der Waals surface area contributed by atoms with Crippen LogP contribution in [0.15, 0.2) is 0 Å². The Kier molecular flexibility index (Phi) is 1.41. The van der Waals surface area contributed by atoms with Gasteiger partial charge in [-0.3, -0.25) is 4.79 Å². The number of hydrogen-bond donors (Lipinski definition) is 1. The van der Waals surface area contributed by atoms with Crippen molar-refractivity contribution in [1.29, 1.82) is 0 Å². The van der Waals surface area contributed by atoms with E-state index in [9.17, 15) is 4.79 Å². The molecule has 2 aliphatic heterocycles. The highest BCUT2D eigenvalue weighted by molar-refractivity contribution is 8.01. The third kappa shape index (κ3) is 0.839. The fourth-order valence-electron chi connectivity index (χ4n) is 1.90. The van der Waals surface area contributed by atoms with Gasteiger partial charge in [0.15, 0.2) is 0 Å². The molecule has 3 atom stereocenters. The topological polar surface area (TPSA) is 37.3 Å². The van der Waals surface area contributed by atoms with Crippen LogP contribution in [0.5, 0.6) is 0 Å². The summed E-state index contributed by atoms with van der Waals surface area (Å²) in [6.45, 7) is 0. The first-order chi connectivity index (χ1) is 4.77. The summed E-state index contributed by atoms with van der Waals surface area (Å²) in [5.74, 6) is -0.608. The van der Waals surface area contributed by atoms with Gasteiger partial charge in [-0.05, 0) is 19.3 Å². The summed E-state index contributed by atoms with van der Waals surface area (Å²) in [6, 6.07) is 0. The fourth-order valence-corrected chi connectivity index (χ4v) is 3.67. The first-order valence-corrected chi connectivity index (χ1v) is 4.60. The number of carbonyl (C=O) groups is 1. The normalized spacial score (nSPS) is 44.2. The lowest BCUT2D eigenvalue weighted by Crippen LogP contribution is -2.23. The molecule has 56 valence electrons. The van der Waals surface area contributed by atoms with Crippen molar-refractivity contribution in [2.24, 2.45) is 5.92 Å². The van der Waals surface area contributed by atoms with Crippen LogP contribution in [-0.2, 0) is 4.79 Å². The maximum Gasteiger partial charge on any atom is 0.307 e. The molecule has 0 spiro atoms. The van der Waals surface area contributed by atoms with Gasteiger partial charge < -0.3 is 5.11 Å². The van der Waals surface area contributed by atoms with Gasteiger partial charge in [-0.25, -0.2) is 0 Å². The molecular formula is C7H10O2S. The van der Waals surface area contributed by atoms with Crippen molar-refractivity contribution in [2.75, 3.05) is 0 Å². The number of carboxylic acids is 1. The smallest absolute Gasteiger partial charge is 0.307 e. The average molecular weight is 158 g/mol. The number of carboxylic acid groups (broad SMARTS) is 1. The minimum Gasteiger partial charge on any atom is -0.481 e. The van der Waals surface area contributed by atoms with Crippen molar-refractivity contribution in [2.45, 2.75) is 29.8 Å². The van der Waals surface area contributed by atoms with E-state index in [1.54, 1.807) is 0 Å². The standard InChI is InChI=1S/C7H10O2S/c8-7(9)5-3-4-1-2-6(5)10-4/h4-6H,1-3H2,(H,8,9). The zero-order valence-corrected chi connectivity index (χ0v) is 6.43. The Labute approximate surface area is 64.0 Å². The Hall–Kier alpha value is -0.180. The summed E-state index contributed by atoms with van der Waals surface area (Å²) in [6.07, 6.45) is 3.30. The summed E-state index contributed by atoms with van der Waals surface area (Å²) < 4.78 is 0. The molecule has 2 fully saturated rings. The minimum atomic E-state index is -0.584. The molecule has 2 bridgehead atoms. The lowest BCUT2D eigenvalue weighted by atomic mass is 9.90. The molecule has 0 radical (unpaired) electrons. The second-order valence-corrected chi connectivity index (χ2v) is 4.60. The van der Waals surface area contributed by atoms with E-state index in [4.69, 9.17) is 5.11 Å². The molecule has 2 aliphatic rings. The molecule has 0 aromatic heterocycles. The lowest BCUT2D eigenvalue weighted by Gasteiger charge is -2.14. The zero-order chi connectivity index (χ0) is 7.14. The second kappa shape index (κ2) is 2.16. The van der Waals surface area contributed by atoms with Gasteiger partial charge in [0.25, 0.3) is 0 Å². The molecule has 0 aromatic rings. The monoisotopic (exact) mass is 158 g/mol. The van der Waals surface area contributed by atoms with Crippen LogP contribution >= 0.6 is 11.8 Å². The lowest BCUT2D eigenvalue weighted by molar-refractivity contribution is -0.142. The third-order valence-electron chi connectivity index (χ3n) is 2.42. The van der Waals surface area contributed by atoms with E-state index in [0.29, 0.717) is 10.5 Å². The minimum absolute atomic E-state index is 0.0243. The average Bonchev–Trinajstić information content (AvgIpc) is 2.44. The molecule has 2 nitrogen and oxygen atoms in total. The molecule has 0 saturated carbocycles. The van der Waals surface area contributed by atoms with Crippen molar-refractivity contribution in [3.8, 4) is 0 Å². The Morgan fingerprint density at radius 1 is 1.50 bits per heavy atom. The highest BCUT2D eigenvalue weighted by Crippen LogP contribution is 2.49. The van der Waals surface area contributed by atoms with Crippen LogP contribution in [0.2, 0.25) is 0 Å². The molecule has 3 heteroatoms. The largest absolute Gasteiger partial charge is 0.481 e. The summed E-state index contributed by atoms with van der Waals surface area (Å²) in [5, 5.41) is 9.84. The second-order valence-electron chi connectivity index (χ2n) is 3.05. The van der Waals surface area contributed by atoms with Crippen molar-refractivity contribution < 1.29 is 9.90 Å². The van der Waals surface area contributed by atoms with Crippen molar-refractivity contribution in [3.63, 3.8) is 0 Å².